The highest BCUT2D eigenvalue weighted by molar-refractivity contribution is 5.81. The number of fused-ring (bicyclic) bond motifs is 4. The molecule has 2 aliphatic rings. The summed E-state index contributed by atoms with van der Waals surface area (Å²) in [5.41, 5.74) is 4.60. The minimum absolute atomic E-state index is 0.0353. The maximum Gasteiger partial charge on any atom is 0.262 e. The first-order valence-electron chi connectivity index (χ1n) is 11.6. The zero-order chi connectivity index (χ0) is 22.5. The van der Waals surface area contributed by atoms with Crippen LogP contribution < -0.4 is 10.3 Å². The molecule has 8 heteroatoms. The number of nitrogens with zero attached hydrogens (tertiary/aromatic N) is 6. The fraction of sp³-hybridized carbons (Fsp3) is 0.400. The van der Waals surface area contributed by atoms with E-state index in [-0.39, 0.29) is 5.56 Å². The minimum Gasteiger partial charge on any atom is -0.493 e. The zero-order valence-corrected chi connectivity index (χ0v) is 19.1. The summed E-state index contributed by atoms with van der Waals surface area (Å²) in [6, 6.07) is 12.6. The number of hydrogen-bond donors (Lipinski definition) is 0. The molecule has 0 saturated carbocycles. The molecule has 4 aromatic rings. The molecule has 0 atom stereocenters. The van der Waals surface area contributed by atoms with Crippen LogP contribution >= 0.6 is 0 Å². The van der Waals surface area contributed by atoms with E-state index < -0.39 is 0 Å². The van der Waals surface area contributed by atoms with Crippen LogP contribution in [0.1, 0.15) is 22.5 Å². The van der Waals surface area contributed by atoms with Gasteiger partial charge >= 0.3 is 0 Å². The first-order valence-corrected chi connectivity index (χ1v) is 11.6. The van der Waals surface area contributed by atoms with Gasteiger partial charge in [0.25, 0.3) is 5.56 Å². The SMILES string of the molecule is Cc1ccc2c(c1)c(=O)n(C)c1nnc(CN3CCN(Cc4ccc5c(c4)CCO5)CC3)n21. The Bertz CT molecular complexity index is 1410. The van der Waals surface area contributed by atoms with Gasteiger partial charge in [0.1, 0.15) is 5.75 Å². The van der Waals surface area contributed by atoms with E-state index in [4.69, 9.17) is 4.74 Å². The lowest BCUT2D eigenvalue weighted by Gasteiger charge is -2.34. The fourth-order valence-electron chi connectivity index (χ4n) is 5.06. The fourth-order valence-corrected chi connectivity index (χ4v) is 5.06. The molecule has 1 saturated heterocycles. The third-order valence-electron chi connectivity index (χ3n) is 6.93. The summed E-state index contributed by atoms with van der Waals surface area (Å²) in [7, 11) is 1.77. The number of benzene rings is 2. The van der Waals surface area contributed by atoms with Crippen LogP contribution in [0, 0.1) is 6.92 Å². The van der Waals surface area contributed by atoms with Crippen molar-refractivity contribution in [2.45, 2.75) is 26.4 Å². The second kappa shape index (κ2) is 7.97. The molecule has 8 nitrogen and oxygen atoms in total. The summed E-state index contributed by atoms with van der Waals surface area (Å²) in [4.78, 5) is 17.7. The molecule has 0 unspecified atom stereocenters. The number of ether oxygens (including phenoxy) is 1. The lowest BCUT2D eigenvalue weighted by atomic mass is 10.1. The second-order valence-corrected chi connectivity index (χ2v) is 9.23. The van der Waals surface area contributed by atoms with Crippen LogP contribution in [-0.4, -0.2) is 61.8 Å². The Morgan fingerprint density at radius 2 is 1.76 bits per heavy atom. The molecular weight excluding hydrogens is 416 g/mol. The van der Waals surface area contributed by atoms with Crippen molar-refractivity contribution in [1.29, 1.82) is 0 Å². The molecule has 0 radical (unpaired) electrons. The van der Waals surface area contributed by atoms with Gasteiger partial charge in [-0.1, -0.05) is 23.8 Å². The van der Waals surface area contributed by atoms with Gasteiger partial charge in [-0.05, 0) is 36.2 Å². The number of rotatable bonds is 4. The summed E-state index contributed by atoms with van der Waals surface area (Å²) in [6.45, 7) is 8.49. The molecule has 1 fully saturated rings. The lowest BCUT2D eigenvalue weighted by molar-refractivity contribution is 0.119. The Kier molecular flexibility index (Phi) is 4.92. The topological polar surface area (TPSA) is 67.9 Å². The van der Waals surface area contributed by atoms with Gasteiger partial charge in [-0.25, -0.2) is 0 Å². The zero-order valence-electron chi connectivity index (χ0n) is 19.1. The van der Waals surface area contributed by atoms with E-state index in [0.29, 0.717) is 17.7 Å². The Morgan fingerprint density at radius 3 is 2.58 bits per heavy atom. The summed E-state index contributed by atoms with van der Waals surface area (Å²) in [6.07, 6.45) is 1.02. The Labute approximate surface area is 192 Å². The highest BCUT2D eigenvalue weighted by Gasteiger charge is 2.22. The van der Waals surface area contributed by atoms with Crippen molar-refractivity contribution in [2.75, 3.05) is 32.8 Å². The first-order chi connectivity index (χ1) is 16.1. The van der Waals surface area contributed by atoms with Gasteiger partial charge in [0.05, 0.1) is 24.1 Å². The van der Waals surface area contributed by atoms with E-state index in [1.165, 1.54) is 11.1 Å². The molecule has 170 valence electrons. The lowest BCUT2D eigenvalue weighted by Crippen LogP contribution is -2.45. The van der Waals surface area contributed by atoms with E-state index in [1.807, 2.05) is 29.5 Å². The molecule has 4 heterocycles. The molecule has 0 bridgehead atoms. The molecular formula is C25H28N6O2. The molecule has 0 N–H and O–H groups in total. The highest BCUT2D eigenvalue weighted by Crippen LogP contribution is 2.26. The van der Waals surface area contributed by atoms with Crippen LogP contribution in [0.2, 0.25) is 0 Å². The van der Waals surface area contributed by atoms with Gasteiger partial charge in [0.2, 0.25) is 5.78 Å². The second-order valence-electron chi connectivity index (χ2n) is 9.23. The maximum atomic E-state index is 12.8. The Morgan fingerprint density at radius 1 is 0.970 bits per heavy atom. The molecule has 2 aliphatic heterocycles. The van der Waals surface area contributed by atoms with Crippen molar-refractivity contribution >= 4 is 16.7 Å². The summed E-state index contributed by atoms with van der Waals surface area (Å²) >= 11 is 0. The number of aromatic nitrogens is 4. The Balaban J connectivity index is 1.19. The van der Waals surface area contributed by atoms with E-state index in [0.717, 1.165) is 68.4 Å². The van der Waals surface area contributed by atoms with Crippen LogP contribution in [0.3, 0.4) is 0 Å². The molecule has 0 spiro atoms. The van der Waals surface area contributed by atoms with Gasteiger partial charge in [-0.2, -0.15) is 0 Å². The predicted octanol–water partition coefficient (Wildman–Crippen LogP) is 2.14. The van der Waals surface area contributed by atoms with Crippen molar-refractivity contribution in [2.24, 2.45) is 7.05 Å². The van der Waals surface area contributed by atoms with E-state index in [1.54, 1.807) is 11.6 Å². The van der Waals surface area contributed by atoms with Gasteiger partial charge in [0, 0.05) is 46.2 Å². The number of piperazine rings is 1. The van der Waals surface area contributed by atoms with E-state index >= 15 is 0 Å². The van der Waals surface area contributed by atoms with Crippen LogP contribution in [0.5, 0.6) is 5.75 Å². The van der Waals surface area contributed by atoms with E-state index in [2.05, 4.69) is 38.2 Å². The van der Waals surface area contributed by atoms with Gasteiger partial charge < -0.3 is 4.74 Å². The van der Waals surface area contributed by atoms with Crippen molar-refractivity contribution < 1.29 is 4.74 Å². The highest BCUT2D eigenvalue weighted by atomic mass is 16.5. The number of hydrogen-bond acceptors (Lipinski definition) is 6. The van der Waals surface area contributed by atoms with Crippen LogP contribution in [0.25, 0.3) is 16.7 Å². The molecule has 0 amide bonds. The Hall–Kier alpha value is -3.23. The standard InChI is InChI=1S/C25H28N6O2/c1-17-3-5-21-20(13-17)24(32)28(2)25-27-26-23(31(21)25)16-30-10-8-29(9-11-30)15-18-4-6-22-19(14-18)7-12-33-22/h3-6,13-14H,7-12,15-16H2,1-2H3. The van der Waals surface area contributed by atoms with Crippen molar-refractivity contribution in [3.63, 3.8) is 0 Å². The monoisotopic (exact) mass is 444 g/mol. The van der Waals surface area contributed by atoms with E-state index in [9.17, 15) is 4.79 Å². The van der Waals surface area contributed by atoms with Crippen molar-refractivity contribution in [3.8, 4) is 5.75 Å². The van der Waals surface area contributed by atoms with Crippen LogP contribution in [-0.2, 0) is 26.6 Å². The summed E-state index contributed by atoms with van der Waals surface area (Å²) < 4.78 is 9.26. The average Bonchev–Trinajstić information content (AvgIpc) is 3.46. The minimum atomic E-state index is -0.0353. The summed E-state index contributed by atoms with van der Waals surface area (Å²) in [5.74, 6) is 2.51. The molecule has 33 heavy (non-hydrogen) atoms. The molecule has 0 aliphatic carbocycles. The third-order valence-corrected chi connectivity index (χ3v) is 6.93. The molecule has 2 aromatic carbocycles. The van der Waals surface area contributed by atoms with Gasteiger partial charge in [-0.3, -0.25) is 23.6 Å². The van der Waals surface area contributed by atoms with Gasteiger partial charge in [0.15, 0.2) is 5.82 Å². The quantitative estimate of drug-likeness (QED) is 0.481. The van der Waals surface area contributed by atoms with Crippen LogP contribution in [0.15, 0.2) is 41.2 Å². The van der Waals surface area contributed by atoms with Crippen molar-refractivity contribution in [1.82, 2.24) is 29.0 Å². The third kappa shape index (κ3) is 3.59. The maximum absolute atomic E-state index is 12.8. The largest absolute Gasteiger partial charge is 0.493 e. The van der Waals surface area contributed by atoms with Crippen molar-refractivity contribution in [3.05, 3.63) is 69.3 Å². The number of aryl methyl sites for hydroxylation is 2. The smallest absolute Gasteiger partial charge is 0.262 e. The van der Waals surface area contributed by atoms with Crippen LogP contribution in [0.4, 0.5) is 0 Å². The van der Waals surface area contributed by atoms with Gasteiger partial charge in [-0.15, -0.1) is 10.2 Å². The summed E-state index contributed by atoms with van der Waals surface area (Å²) in [5, 5.41) is 9.52. The predicted molar refractivity (Wildman–Crippen MR) is 127 cm³/mol. The normalized spacial score (nSPS) is 17.0. The molecule has 6 rings (SSSR count). The molecule has 2 aromatic heterocycles. The first kappa shape index (κ1) is 20.4. The average molecular weight is 445 g/mol.